The Morgan fingerprint density at radius 3 is 2.15 bits per heavy atom. The Morgan fingerprint density at radius 1 is 1.15 bits per heavy atom. The number of hydrogen-bond donors (Lipinski definition) is 1. The molecule has 1 nitrogen and oxygen atoms in total. The van der Waals surface area contributed by atoms with Crippen molar-refractivity contribution in [2.24, 2.45) is 11.7 Å². The fourth-order valence-electron chi connectivity index (χ4n) is 1.50. The molecule has 3 heteroatoms. The van der Waals surface area contributed by atoms with Gasteiger partial charge in [-0.25, -0.2) is 0 Å². The third-order valence-electron chi connectivity index (χ3n) is 2.40. The second-order valence-corrected chi connectivity index (χ2v) is 5.40. The molecule has 70 valence electrons. The zero-order chi connectivity index (χ0) is 9.42. The van der Waals surface area contributed by atoms with Gasteiger partial charge < -0.3 is 5.73 Å². The fraction of sp³-hybridized carbons (Fsp3) is 0.400. The molecule has 0 spiro atoms. The van der Waals surface area contributed by atoms with Crippen LogP contribution in [-0.2, 0) is 0 Å². The molecule has 1 aliphatic carbocycles. The molecular weight excluding hydrogens is 294 g/mol. The molecule has 1 fully saturated rings. The predicted octanol–water partition coefficient (Wildman–Crippen LogP) is 3.62. The molecule has 1 atom stereocenters. The van der Waals surface area contributed by atoms with E-state index in [-0.39, 0.29) is 6.04 Å². The van der Waals surface area contributed by atoms with Gasteiger partial charge in [-0.3, -0.25) is 0 Å². The van der Waals surface area contributed by atoms with Crippen molar-refractivity contribution in [1.29, 1.82) is 0 Å². The molecule has 2 N–H and O–H groups in total. The van der Waals surface area contributed by atoms with Crippen LogP contribution in [0, 0.1) is 5.92 Å². The van der Waals surface area contributed by atoms with Gasteiger partial charge in [-0.15, -0.1) is 0 Å². The summed E-state index contributed by atoms with van der Waals surface area (Å²) in [7, 11) is 0. The highest BCUT2D eigenvalue weighted by molar-refractivity contribution is 9.11. The first-order valence-electron chi connectivity index (χ1n) is 4.38. The Hall–Kier alpha value is 0.140. The van der Waals surface area contributed by atoms with E-state index in [0.717, 1.165) is 8.95 Å². The van der Waals surface area contributed by atoms with Gasteiger partial charge in [0.25, 0.3) is 0 Å². The smallest absolute Gasteiger partial charge is 0.0324 e. The van der Waals surface area contributed by atoms with Gasteiger partial charge in [0.2, 0.25) is 0 Å². The molecule has 1 saturated carbocycles. The summed E-state index contributed by atoms with van der Waals surface area (Å²) in [4.78, 5) is 0. The molecule has 2 rings (SSSR count). The summed E-state index contributed by atoms with van der Waals surface area (Å²) in [6, 6.07) is 6.46. The minimum absolute atomic E-state index is 0.216. The van der Waals surface area contributed by atoms with Crippen molar-refractivity contribution >= 4 is 31.9 Å². The van der Waals surface area contributed by atoms with E-state index in [9.17, 15) is 0 Å². The van der Waals surface area contributed by atoms with Crippen LogP contribution in [0.25, 0.3) is 0 Å². The molecule has 0 aromatic heterocycles. The molecule has 1 aromatic rings. The molecule has 0 unspecified atom stereocenters. The maximum atomic E-state index is 6.10. The van der Waals surface area contributed by atoms with Crippen molar-refractivity contribution in [3.05, 3.63) is 32.7 Å². The summed E-state index contributed by atoms with van der Waals surface area (Å²) >= 11 is 6.93. The van der Waals surface area contributed by atoms with Crippen LogP contribution in [0.1, 0.15) is 24.4 Å². The van der Waals surface area contributed by atoms with Crippen LogP contribution >= 0.6 is 31.9 Å². The lowest BCUT2D eigenvalue weighted by atomic mass is 10.0. The number of nitrogens with two attached hydrogens (primary N) is 1. The molecule has 0 aliphatic heterocycles. The fourth-order valence-corrected chi connectivity index (χ4v) is 2.82. The van der Waals surface area contributed by atoms with Crippen molar-refractivity contribution in [1.82, 2.24) is 0 Å². The number of benzene rings is 1. The first-order valence-corrected chi connectivity index (χ1v) is 5.97. The van der Waals surface area contributed by atoms with Gasteiger partial charge in [-0.05, 0) is 42.5 Å². The van der Waals surface area contributed by atoms with Gasteiger partial charge >= 0.3 is 0 Å². The normalized spacial score (nSPS) is 18.7. The zero-order valence-corrected chi connectivity index (χ0v) is 10.3. The first-order chi connectivity index (χ1) is 6.16. The second-order valence-electron chi connectivity index (χ2n) is 3.57. The van der Waals surface area contributed by atoms with Crippen molar-refractivity contribution < 1.29 is 0 Å². The van der Waals surface area contributed by atoms with E-state index in [4.69, 9.17) is 5.73 Å². The standard InChI is InChI=1S/C10H11Br2N/c11-8-3-7(4-9(12)5-8)10(13)6-1-2-6/h3-6,10H,1-2,13H2/t10-/m0/s1. The van der Waals surface area contributed by atoms with Crippen molar-refractivity contribution in [2.75, 3.05) is 0 Å². The predicted molar refractivity (Wildman–Crippen MR) is 61.5 cm³/mol. The molecule has 1 aromatic carbocycles. The number of rotatable bonds is 2. The number of hydrogen-bond acceptors (Lipinski definition) is 1. The van der Waals surface area contributed by atoms with Crippen molar-refractivity contribution in [3.63, 3.8) is 0 Å². The highest BCUT2D eigenvalue weighted by atomic mass is 79.9. The summed E-state index contributed by atoms with van der Waals surface area (Å²) in [6.07, 6.45) is 2.57. The van der Waals surface area contributed by atoms with Gasteiger partial charge in [0, 0.05) is 15.0 Å². The lowest BCUT2D eigenvalue weighted by molar-refractivity contribution is 0.633. The van der Waals surface area contributed by atoms with Crippen LogP contribution in [0.5, 0.6) is 0 Å². The molecule has 0 saturated heterocycles. The maximum Gasteiger partial charge on any atom is 0.0324 e. The van der Waals surface area contributed by atoms with Crippen LogP contribution in [0.4, 0.5) is 0 Å². The van der Waals surface area contributed by atoms with E-state index in [1.807, 2.05) is 6.07 Å². The first kappa shape index (κ1) is 9.69. The van der Waals surface area contributed by atoms with E-state index in [1.165, 1.54) is 18.4 Å². The van der Waals surface area contributed by atoms with E-state index >= 15 is 0 Å². The molecule has 0 amide bonds. The van der Waals surface area contributed by atoms with E-state index in [1.54, 1.807) is 0 Å². The van der Waals surface area contributed by atoms with Crippen LogP contribution in [-0.4, -0.2) is 0 Å². The SMILES string of the molecule is N[C@H](c1cc(Br)cc(Br)c1)C1CC1. The minimum atomic E-state index is 0.216. The maximum absolute atomic E-state index is 6.10. The summed E-state index contributed by atoms with van der Waals surface area (Å²) in [5, 5.41) is 0. The zero-order valence-electron chi connectivity index (χ0n) is 7.13. The monoisotopic (exact) mass is 303 g/mol. The van der Waals surface area contributed by atoms with Crippen LogP contribution in [0.2, 0.25) is 0 Å². The van der Waals surface area contributed by atoms with Crippen molar-refractivity contribution in [3.8, 4) is 0 Å². The highest BCUT2D eigenvalue weighted by Gasteiger charge is 2.29. The largest absolute Gasteiger partial charge is 0.324 e. The third-order valence-corrected chi connectivity index (χ3v) is 3.32. The average molecular weight is 305 g/mol. The summed E-state index contributed by atoms with van der Waals surface area (Å²) in [5.74, 6) is 0.709. The van der Waals surface area contributed by atoms with Gasteiger partial charge in [0.15, 0.2) is 0 Å². The van der Waals surface area contributed by atoms with Gasteiger partial charge in [0.05, 0.1) is 0 Å². The van der Waals surface area contributed by atoms with Crippen molar-refractivity contribution in [2.45, 2.75) is 18.9 Å². The summed E-state index contributed by atoms with van der Waals surface area (Å²) in [6.45, 7) is 0. The molecule has 0 radical (unpaired) electrons. The lowest BCUT2D eigenvalue weighted by Crippen LogP contribution is -2.12. The summed E-state index contributed by atoms with van der Waals surface area (Å²) < 4.78 is 2.18. The van der Waals surface area contributed by atoms with Crippen LogP contribution in [0.3, 0.4) is 0 Å². The average Bonchev–Trinajstić information content (AvgIpc) is 2.83. The van der Waals surface area contributed by atoms with Crippen LogP contribution in [0.15, 0.2) is 27.1 Å². The Labute approximate surface area is 95.0 Å². The second kappa shape index (κ2) is 3.71. The minimum Gasteiger partial charge on any atom is -0.324 e. The molecule has 0 heterocycles. The topological polar surface area (TPSA) is 26.0 Å². The van der Waals surface area contributed by atoms with E-state index in [2.05, 4.69) is 44.0 Å². The molecule has 13 heavy (non-hydrogen) atoms. The molecule has 0 bridgehead atoms. The van der Waals surface area contributed by atoms with Crippen LogP contribution < -0.4 is 5.73 Å². The summed E-state index contributed by atoms with van der Waals surface area (Å²) in [5.41, 5.74) is 7.32. The van der Waals surface area contributed by atoms with E-state index < -0.39 is 0 Å². The van der Waals surface area contributed by atoms with Gasteiger partial charge in [0.1, 0.15) is 0 Å². The highest BCUT2D eigenvalue weighted by Crippen LogP contribution is 2.40. The van der Waals surface area contributed by atoms with Gasteiger partial charge in [-0.1, -0.05) is 31.9 Å². The molecular formula is C10H11Br2N. The van der Waals surface area contributed by atoms with E-state index in [0.29, 0.717) is 5.92 Å². The Kier molecular flexibility index (Phi) is 2.77. The van der Waals surface area contributed by atoms with Gasteiger partial charge in [-0.2, -0.15) is 0 Å². The third kappa shape index (κ3) is 2.33. The molecule has 1 aliphatic rings. The Morgan fingerprint density at radius 2 is 1.69 bits per heavy atom. The lowest BCUT2D eigenvalue weighted by Gasteiger charge is -2.11. The quantitative estimate of drug-likeness (QED) is 0.887. The Balaban J connectivity index is 2.27. The number of halogens is 2. The Bertz CT molecular complexity index is 300.